The summed E-state index contributed by atoms with van der Waals surface area (Å²) in [4.78, 5) is 25.3. The predicted octanol–water partition coefficient (Wildman–Crippen LogP) is 5.97. The smallest absolute Gasteiger partial charge is 0.303 e. The number of carboxylic acids is 1. The number of amides is 1. The van der Waals surface area contributed by atoms with Crippen LogP contribution in [0.3, 0.4) is 0 Å². The molecule has 1 heterocycles. The van der Waals surface area contributed by atoms with Crippen molar-refractivity contribution in [1.29, 1.82) is 0 Å². The summed E-state index contributed by atoms with van der Waals surface area (Å²) in [5.74, 6) is -0.537. The van der Waals surface area contributed by atoms with Crippen LogP contribution in [0.25, 0.3) is 0 Å². The van der Waals surface area contributed by atoms with Crippen molar-refractivity contribution in [2.75, 3.05) is 6.54 Å². The maximum atomic E-state index is 12.9. The van der Waals surface area contributed by atoms with Crippen molar-refractivity contribution in [1.82, 2.24) is 4.90 Å². The summed E-state index contributed by atoms with van der Waals surface area (Å²) in [6.07, 6.45) is 7.33. The van der Waals surface area contributed by atoms with Crippen LogP contribution in [0, 0.1) is 5.92 Å². The molecule has 0 fully saturated rings. The highest BCUT2D eigenvalue weighted by atomic mass is 35.5. The fourth-order valence-electron chi connectivity index (χ4n) is 4.19. The number of aliphatic carboxylic acids is 1. The lowest BCUT2D eigenvalue weighted by atomic mass is 9.68. The number of carboxylic acid groups (broad SMARTS) is 1. The van der Waals surface area contributed by atoms with E-state index in [-0.39, 0.29) is 18.2 Å². The number of allylic oxidation sites excluding steroid dienone is 1. The van der Waals surface area contributed by atoms with E-state index >= 15 is 0 Å². The van der Waals surface area contributed by atoms with Gasteiger partial charge in [0.1, 0.15) is 0 Å². The Morgan fingerprint density at radius 3 is 2.59 bits per heavy atom. The third kappa shape index (κ3) is 5.85. The van der Waals surface area contributed by atoms with Gasteiger partial charge in [-0.05, 0) is 47.9 Å². The van der Waals surface area contributed by atoms with Gasteiger partial charge in [0.15, 0.2) is 0 Å². The van der Waals surface area contributed by atoms with Gasteiger partial charge in [-0.15, -0.1) is 0 Å². The van der Waals surface area contributed by atoms with Gasteiger partial charge < -0.3 is 10.0 Å². The van der Waals surface area contributed by atoms with E-state index in [4.69, 9.17) is 16.7 Å². The van der Waals surface area contributed by atoms with Crippen molar-refractivity contribution in [2.24, 2.45) is 5.92 Å². The molecule has 0 aliphatic carbocycles. The monoisotopic (exact) mass is 419 g/mol. The first-order chi connectivity index (χ1) is 13.7. The number of carbonyl (C=O) groups excluding carboxylic acids is 1. The average Bonchev–Trinajstić information content (AvgIpc) is 2.64. The van der Waals surface area contributed by atoms with E-state index in [1.54, 1.807) is 4.90 Å². The normalized spacial score (nSPS) is 19.6. The fourth-order valence-corrected chi connectivity index (χ4v) is 4.47. The molecule has 0 spiro atoms. The van der Waals surface area contributed by atoms with Crippen LogP contribution >= 0.6 is 11.6 Å². The van der Waals surface area contributed by atoms with Crippen LogP contribution < -0.4 is 0 Å². The van der Waals surface area contributed by atoms with Gasteiger partial charge in [0, 0.05) is 36.0 Å². The minimum Gasteiger partial charge on any atom is -0.481 e. The molecule has 1 aliphatic rings. The number of nitrogens with zero attached hydrogens (tertiary/aromatic N) is 1. The number of halogens is 1. The molecule has 1 aromatic rings. The molecular weight excluding hydrogens is 386 g/mol. The second kappa shape index (κ2) is 10.3. The van der Waals surface area contributed by atoms with Crippen molar-refractivity contribution in [3.63, 3.8) is 0 Å². The van der Waals surface area contributed by atoms with Gasteiger partial charge in [0.2, 0.25) is 5.91 Å². The first kappa shape index (κ1) is 23.5. The van der Waals surface area contributed by atoms with Crippen LogP contribution in [-0.4, -0.2) is 28.4 Å². The van der Waals surface area contributed by atoms with Crippen LogP contribution in [0.15, 0.2) is 30.0 Å². The number of benzene rings is 1. The Bertz CT molecular complexity index is 771. The second-order valence-electron chi connectivity index (χ2n) is 8.60. The molecular formula is C24H34ClNO3. The van der Waals surface area contributed by atoms with E-state index in [9.17, 15) is 9.59 Å². The van der Waals surface area contributed by atoms with Crippen LogP contribution in [0.2, 0.25) is 5.02 Å². The first-order valence-electron chi connectivity index (χ1n) is 10.7. The molecule has 0 aromatic heterocycles. The van der Waals surface area contributed by atoms with Crippen molar-refractivity contribution in [2.45, 2.75) is 78.1 Å². The molecule has 1 amide bonds. The summed E-state index contributed by atoms with van der Waals surface area (Å²) in [7, 11) is 0. The number of aryl methyl sites for hydroxylation is 1. The van der Waals surface area contributed by atoms with Crippen molar-refractivity contribution < 1.29 is 14.7 Å². The topological polar surface area (TPSA) is 57.6 Å². The molecule has 29 heavy (non-hydrogen) atoms. The summed E-state index contributed by atoms with van der Waals surface area (Å²) < 4.78 is 0. The van der Waals surface area contributed by atoms with Gasteiger partial charge in [-0.3, -0.25) is 9.59 Å². The van der Waals surface area contributed by atoms with E-state index in [2.05, 4.69) is 39.8 Å². The lowest BCUT2D eigenvalue weighted by Gasteiger charge is -2.41. The van der Waals surface area contributed by atoms with E-state index in [1.165, 1.54) is 24.0 Å². The zero-order valence-electron chi connectivity index (χ0n) is 18.1. The molecule has 160 valence electrons. The Morgan fingerprint density at radius 1 is 1.28 bits per heavy atom. The molecule has 1 atom stereocenters. The Labute approximate surface area is 179 Å². The van der Waals surface area contributed by atoms with Crippen molar-refractivity contribution in [3.05, 3.63) is 46.1 Å². The lowest BCUT2D eigenvalue weighted by molar-refractivity contribution is -0.138. The minimum atomic E-state index is -0.832. The molecule has 1 aliphatic heterocycles. The Balaban J connectivity index is 2.29. The quantitative estimate of drug-likeness (QED) is 0.475. The average molecular weight is 420 g/mol. The van der Waals surface area contributed by atoms with Gasteiger partial charge in [0.25, 0.3) is 0 Å². The number of hydrogen-bond acceptors (Lipinski definition) is 2. The van der Waals surface area contributed by atoms with Gasteiger partial charge in [-0.25, -0.2) is 0 Å². The first-order valence-corrected chi connectivity index (χ1v) is 11.1. The summed E-state index contributed by atoms with van der Waals surface area (Å²) in [5.41, 5.74) is 3.02. The van der Waals surface area contributed by atoms with Gasteiger partial charge in [-0.1, -0.05) is 64.3 Å². The summed E-state index contributed by atoms with van der Waals surface area (Å²) >= 11 is 6.61. The predicted molar refractivity (Wildman–Crippen MR) is 118 cm³/mol. The molecule has 0 saturated carbocycles. The van der Waals surface area contributed by atoms with Crippen LogP contribution in [0.5, 0.6) is 0 Å². The summed E-state index contributed by atoms with van der Waals surface area (Å²) in [6.45, 7) is 9.02. The fraction of sp³-hybridized carbons (Fsp3) is 0.583. The molecule has 1 unspecified atom stereocenters. The molecule has 5 heteroatoms. The third-order valence-corrected chi connectivity index (χ3v) is 6.26. The molecule has 4 nitrogen and oxygen atoms in total. The minimum absolute atomic E-state index is 0.0328. The molecule has 0 saturated heterocycles. The molecule has 1 N–H and O–H groups in total. The highest BCUT2D eigenvalue weighted by Crippen LogP contribution is 2.43. The number of rotatable bonds is 10. The Morgan fingerprint density at radius 2 is 2.00 bits per heavy atom. The number of hydrogen-bond donors (Lipinski definition) is 1. The Hall–Kier alpha value is -1.81. The maximum Gasteiger partial charge on any atom is 0.303 e. The third-order valence-electron chi connectivity index (χ3n) is 5.91. The van der Waals surface area contributed by atoms with E-state index < -0.39 is 11.4 Å². The second-order valence-corrected chi connectivity index (χ2v) is 9.00. The standard InChI is InChI=1S/C24H34ClNO3/c1-5-6-7-9-18-11-12-19(14-21(18)25)24(4)15-22(27)26(13-8-10-23(28)29)16-20(24)17(2)3/h11-12,14,16-17H,5-10,13,15H2,1-4H3,(H,28,29). The zero-order valence-corrected chi connectivity index (χ0v) is 18.9. The SMILES string of the molecule is CCCCCc1ccc(C2(C)CC(=O)N(CCCC(=O)O)C=C2C(C)C)cc1Cl. The zero-order chi connectivity index (χ0) is 21.6. The molecule has 1 aromatic carbocycles. The van der Waals surface area contributed by atoms with Gasteiger partial charge in [-0.2, -0.15) is 0 Å². The highest BCUT2D eigenvalue weighted by Gasteiger charge is 2.40. The van der Waals surface area contributed by atoms with Gasteiger partial charge in [0.05, 0.1) is 0 Å². The van der Waals surface area contributed by atoms with Crippen LogP contribution in [-0.2, 0) is 21.4 Å². The largest absolute Gasteiger partial charge is 0.481 e. The summed E-state index contributed by atoms with van der Waals surface area (Å²) in [5, 5.41) is 9.64. The van der Waals surface area contributed by atoms with Crippen molar-refractivity contribution >= 4 is 23.5 Å². The number of carbonyl (C=O) groups is 2. The number of unbranched alkanes of at least 4 members (excludes halogenated alkanes) is 2. The van der Waals surface area contributed by atoms with Crippen molar-refractivity contribution in [3.8, 4) is 0 Å². The van der Waals surface area contributed by atoms with E-state index in [0.29, 0.717) is 19.4 Å². The van der Waals surface area contributed by atoms with Crippen LogP contribution in [0.4, 0.5) is 0 Å². The van der Waals surface area contributed by atoms with E-state index in [1.807, 2.05) is 12.3 Å². The van der Waals surface area contributed by atoms with E-state index in [0.717, 1.165) is 23.4 Å². The summed E-state index contributed by atoms with van der Waals surface area (Å²) in [6, 6.07) is 6.27. The highest BCUT2D eigenvalue weighted by molar-refractivity contribution is 6.31. The lowest BCUT2D eigenvalue weighted by Crippen LogP contribution is -2.42. The van der Waals surface area contributed by atoms with Gasteiger partial charge >= 0.3 is 5.97 Å². The maximum absolute atomic E-state index is 12.9. The molecule has 2 rings (SSSR count). The molecule has 0 radical (unpaired) electrons. The molecule has 0 bridgehead atoms. The van der Waals surface area contributed by atoms with Crippen LogP contribution in [0.1, 0.15) is 77.3 Å². The Kier molecular flexibility index (Phi) is 8.33.